The van der Waals surface area contributed by atoms with Gasteiger partial charge in [0.1, 0.15) is 11.8 Å². The largest absolute Gasteiger partial charge is 0.497 e. The van der Waals surface area contributed by atoms with Gasteiger partial charge in [0.05, 0.1) is 13.2 Å². The highest BCUT2D eigenvalue weighted by Crippen LogP contribution is 2.36. The molecule has 2 aromatic rings. The maximum atomic E-state index is 11.7. The van der Waals surface area contributed by atoms with Crippen molar-refractivity contribution >= 4 is 5.97 Å². The number of likely N-dealkylation sites (tertiary alicyclic amines) is 1. The molecule has 0 aliphatic carbocycles. The van der Waals surface area contributed by atoms with Gasteiger partial charge in [-0.3, -0.25) is 9.69 Å². The Balaban J connectivity index is 2.06. The van der Waals surface area contributed by atoms with Crippen LogP contribution in [-0.2, 0) is 4.79 Å². The third-order valence-corrected chi connectivity index (χ3v) is 4.71. The molecule has 4 nitrogen and oxygen atoms in total. The van der Waals surface area contributed by atoms with Crippen LogP contribution in [0.15, 0.2) is 48.5 Å². The standard InChI is InChI=1S/C20H23NO3/c1-14-8-10-15(11-9-14)19(16-5-3-6-17(13-16)24-2)21-12-4-7-18(21)20(22)23/h3,5-6,8-11,13,18-19H,4,7,12H2,1-2H3,(H,22,23). The molecule has 1 N–H and O–H groups in total. The van der Waals surface area contributed by atoms with Gasteiger partial charge < -0.3 is 9.84 Å². The predicted molar refractivity (Wildman–Crippen MR) is 93.4 cm³/mol. The fourth-order valence-corrected chi connectivity index (χ4v) is 3.50. The van der Waals surface area contributed by atoms with Crippen molar-refractivity contribution in [2.24, 2.45) is 0 Å². The van der Waals surface area contributed by atoms with Gasteiger partial charge >= 0.3 is 5.97 Å². The number of methoxy groups -OCH3 is 1. The van der Waals surface area contributed by atoms with Crippen LogP contribution in [0, 0.1) is 6.92 Å². The number of carboxylic acids is 1. The third-order valence-electron chi connectivity index (χ3n) is 4.71. The summed E-state index contributed by atoms with van der Waals surface area (Å²) in [6.07, 6.45) is 1.60. The first-order valence-corrected chi connectivity index (χ1v) is 8.29. The molecule has 1 heterocycles. The molecule has 1 aliphatic rings. The Labute approximate surface area is 142 Å². The number of aliphatic carboxylic acids is 1. The molecule has 2 unspecified atom stereocenters. The van der Waals surface area contributed by atoms with Crippen LogP contribution in [-0.4, -0.2) is 35.7 Å². The van der Waals surface area contributed by atoms with E-state index in [1.54, 1.807) is 7.11 Å². The average molecular weight is 325 g/mol. The zero-order valence-corrected chi connectivity index (χ0v) is 14.1. The number of hydrogen-bond acceptors (Lipinski definition) is 3. The summed E-state index contributed by atoms with van der Waals surface area (Å²) in [5, 5.41) is 9.60. The smallest absolute Gasteiger partial charge is 0.320 e. The van der Waals surface area contributed by atoms with Gasteiger partial charge in [0, 0.05) is 6.54 Å². The molecule has 0 aromatic heterocycles. The highest BCUT2D eigenvalue weighted by atomic mass is 16.5. The third kappa shape index (κ3) is 3.29. The van der Waals surface area contributed by atoms with Crippen molar-refractivity contribution in [1.29, 1.82) is 0 Å². The van der Waals surface area contributed by atoms with E-state index in [2.05, 4.69) is 36.1 Å². The van der Waals surface area contributed by atoms with Gasteiger partial charge in [-0.2, -0.15) is 0 Å². The molecule has 1 fully saturated rings. The average Bonchev–Trinajstić information content (AvgIpc) is 3.07. The van der Waals surface area contributed by atoms with Crippen molar-refractivity contribution in [2.75, 3.05) is 13.7 Å². The van der Waals surface area contributed by atoms with E-state index < -0.39 is 12.0 Å². The second kappa shape index (κ2) is 7.05. The van der Waals surface area contributed by atoms with E-state index in [0.717, 1.165) is 29.8 Å². The molecule has 0 radical (unpaired) electrons. The first-order valence-electron chi connectivity index (χ1n) is 8.29. The van der Waals surface area contributed by atoms with Crippen LogP contribution < -0.4 is 4.74 Å². The number of hydrogen-bond donors (Lipinski definition) is 1. The Hall–Kier alpha value is -2.33. The van der Waals surface area contributed by atoms with Crippen molar-refractivity contribution in [3.8, 4) is 5.75 Å². The van der Waals surface area contributed by atoms with Crippen LogP contribution in [0.4, 0.5) is 0 Å². The van der Waals surface area contributed by atoms with Crippen molar-refractivity contribution < 1.29 is 14.6 Å². The van der Waals surface area contributed by atoms with E-state index in [9.17, 15) is 9.90 Å². The summed E-state index contributed by atoms with van der Waals surface area (Å²) in [5.74, 6) is 0.0446. The summed E-state index contributed by atoms with van der Waals surface area (Å²) in [7, 11) is 1.65. The van der Waals surface area contributed by atoms with E-state index in [4.69, 9.17) is 4.74 Å². The van der Waals surface area contributed by atoms with Crippen molar-refractivity contribution in [1.82, 2.24) is 4.90 Å². The van der Waals surface area contributed by atoms with Gasteiger partial charge in [0.2, 0.25) is 0 Å². The van der Waals surface area contributed by atoms with Gasteiger partial charge in [-0.25, -0.2) is 0 Å². The molecule has 0 bridgehead atoms. The molecule has 0 amide bonds. The molecule has 0 spiro atoms. The second-order valence-electron chi connectivity index (χ2n) is 6.32. The van der Waals surface area contributed by atoms with E-state index in [0.29, 0.717) is 6.42 Å². The molecule has 2 atom stereocenters. The Bertz CT molecular complexity index is 711. The van der Waals surface area contributed by atoms with Gasteiger partial charge in [-0.15, -0.1) is 0 Å². The van der Waals surface area contributed by atoms with E-state index in [-0.39, 0.29) is 6.04 Å². The Morgan fingerprint density at radius 2 is 1.96 bits per heavy atom. The fraction of sp³-hybridized carbons (Fsp3) is 0.350. The number of carbonyl (C=O) groups is 1. The molecular weight excluding hydrogens is 302 g/mol. The van der Waals surface area contributed by atoms with Crippen molar-refractivity contribution in [3.05, 3.63) is 65.2 Å². The molecule has 0 saturated carbocycles. The summed E-state index contributed by atoms with van der Waals surface area (Å²) in [6.45, 7) is 2.84. The summed E-state index contributed by atoms with van der Waals surface area (Å²) < 4.78 is 5.36. The minimum atomic E-state index is -0.743. The zero-order chi connectivity index (χ0) is 17.1. The molecule has 1 aliphatic heterocycles. The Morgan fingerprint density at radius 1 is 1.21 bits per heavy atom. The number of rotatable bonds is 5. The number of benzene rings is 2. The molecule has 3 rings (SSSR count). The lowest BCUT2D eigenvalue weighted by atomic mass is 9.95. The first kappa shape index (κ1) is 16.5. The topological polar surface area (TPSA) is 49.8 Å². The van der Waals surface area contributed by atoms with Gasteiger partial charge in [-0.1, -0.05) is 42.0 Å². The number of nitrogens with zero attached hydrogens (tertiary/aromatic N) is 1. The predicted octanol–water partition coefficient (Wildman–Crippen LogP) is 3.64. The maximum absolute atomic E-state index is 11.7. The SMILES string of the molecule is COc1cccc(C(c2ccc(C)cc2)N2CCCC2C(=O)O)c1. The van der Waals surface area contributed by atoms with E-state index in [1.807, 2.05) is 24.3 Å². The first-order chi connectivity index (χ1) is 11.6. The number of ether oxygens (including phenoxy) is 1. The zero-order valence-electron chi connectivity index (χ0n) is 14.1. The van der Waals surface area contributed by atoms with Crippen LogP contribution in [0.1, 0.15) is 35.6 Å². The minimum absolute atomic E-state index is 0.0794. The molecule has 2 aromatic carbocycles. The number of carboxylic acid groups (broad SMARTS) is 1. The molecule has 1 saturated heterocycles. The molecule has 126 valence electrons. The summed E-state index contributed by atoms with van der Waals surface area (Å²) in [5.41, 5.74) is 3.37. The molecule has 24 heavy (non-hydrogen) atoms. The van der Waals surface area contributed by atoms with E-state index in [1.165, 1.54) is 5.56 Å². The molecule has 4 heteroatoms. The van der Waals surface area contributed by atoms with E-state index >= 15 is 0 Å². The Kier molecular flexibility index (Phi) is 4.86. The quantitative estimate of drug-likeness (QED) is 0.912. The summed E-state index contributed by atoms with van der Waals surface area (Å²) >= 11 is 0. The maximum Gasteiger partial charge on any atom is 0.320 e. The number of aryl methyl sites for hydroxylation is 1. The van der Waals surface area contributed by atoms with Crippen LogP contribution in [0.5, 0.6) is 5.75 Å². The van der Waals surface area contributed by atoms with Crippen molar-refractivity contribution in [3.63, 3.8) is 0 Å². The van der Waals surface area contributed by atoms with Crippen LogP contribution in [0.25, 0.3) is 0 Å². The normalized spacial score (nSPS) is 19.2. The monoisotopic (exact) mass is 325 g/mol. The summed E-state index contributed by atoms with van der Waals surface area (Å²) in [4.78, 5) is 13.8. The lowest BCUT2D eigenvalue weighted by Gasteiger charge is -2.32. The minimum Gasteiger partial charge on any atom is -0.497 e. The van der Waals surface area contributed by atoms with Crippen LogP contribution >= 0.6 is 0 Å². The highest BCUT2D eigenvalue weighted by molar-refractivity contribution is 5.74. The van der Waals surface area contributed by atoms with Gasteiger partial charge in [0.15, 0.2) is 0 Å². The van der Waals surface area contributed by atoms with Gasteiger partial charge in [0.25, 0.3) is 0 Å². The fourth-order valence-electron chi connectivity index (χ4n) is 3.50. The van der Waals surface area contributed by atoms with Crippen LogP contribution in [0.3, 0.4) is 0 Å². The molecular formula is C20H23NO3. The van der Waals surface area contributed by atoms with Crippen LogP contribution in [0.2, 0.25) is 0 Å². The van der Waals surface area contributed by atoms with Gasteiger partial charge in [-0.05, 0) is 43.0 Å². The lowest BCUT2D eigenvalue weighted by Crippen LogP contribution is -2.39. The second-order valence-corrected chi connectivity index (χ2v) is 6.32. The summed E-state index contributed by atoms with van der Waals surface area (Å²) in [6, 6.07) is 15.7. The lowest BCUT2D eigenvalue weighted by molar-refractivity contribution is -0.142. The Morgan fingerprint density at radius 3 is 2.62 bits per heavy atom. The highest BCUT2D eigenvalue weighted by Gasteiger charge is 2.36. The van der Waals surface area contributed by atoms with Crippen molar-refractivity contribution in [2.45, 2.75) is 31.8 Å².